The third-order valence-corrected chi connectivity index (χ3v) is 4.25. The minimum atomic E-state index is -0.372. The van der Waals surface area contributed by atoms with Crippen molar-refractivity contribution in [3.8, 4) is 5.75 Å². The van der Waals surface area contributed by atoms with Crippen LogP contribution in [0.25, 0.3) is 0 Å². The number of quaternary nitrogens is 1. The van der Waals surface area contributed by atoms with Crippen LogP contribution in [0.4, 0.5) is 0 Å². The van der Waals surface area contributed by atoms with Gasteiger partial charge in [0, 0.05) is 0 Å². The molecule has 20 heavy (non-hydrogen) atoms. The van der Waals surface area contributed by atoms with E-state index >= 15 is 0 Å². The molecule has 2 rings (SSSR count). The number of rotatable bonds is 6. The molecule has 1 aromatic carbocycles. The fourth-order valence-electron chi connectivity index (χ4n) is 2.81. The zero-order valence-corrected chi connectivity index (χ0v) is 12.8. The second kappa shape index (κ2) is 7.65. The Morgan fingerprint density at radius 2 is 2.10 bits per heavy atom. The van der Waals surface area contributed by atoms with Gasteiger partial charge in [0.05, 0.1) is 13.1 Å². The van der Waals surface area contributed by atoms with Gasteiger partial charge in [-0.25, -0.2) is 0 Å². The van der Waals surface area contributed by atoms with Gasteiger partial charge in [-0.1, -0.05) is 26.0 Å². The van der Waals surface area contributed by atoms with Crippen LogP contribution in [0.1, 0.15) is 32.3 Å². The minimum Gasteiger partial charge on any atom is -0.491 e. The van der Waals surface area contributed by atoms with Gasteiger partial charge in [0.25, 0.3) is 0 Å². The van der Waals surface area contributed by atoms with Gasteiger partial charge in [0.2, 0.25) is 0 Å². The van der Waals surface area contributed by atoms with Crippen LogP contribution in [0, 0.1) is 5.92 Å². The van der Waals surface area contributed by atoms with E-state index in [1.54, 1.807) is 0 Å². The van der Waals surface area contributed by atoms with E-state index in [1.165, 1.54) is 36.4 Å². The van der Waals surface area contributed by atoms with Gasteiger partial charge < -0.3 is 14.7 Å². The molecule has 1 saturated heterocycles. The van der Waals surface area contributed by atoms with Gasteiger partial charge in [0.1, 0.15) is 25.0 Å². The number of likely N-dealkylation sites (tertiary alicyclic amines) is 1. The van der Waals surface area contributed by atoms with Crippen molar-refractivity contribution in [2.75, 3.05) is 26.2 Å². The predicted molar refractivity (Wildman–Crippen MR) is 81.3 cm³/mol. The highest BCUT2D eigenvalue weighted by Crippen LogP contribution is 2.13. The summed E-state index contributed by atoms with van der Waals surface area (Å²) in [5.74, 6) is 1.72. The minimum absolute atomic E-state index is 0.372. The number of hydrogen-bond acceptors (Lipinski definition) is 2. The molecule has 0 radical (unpaired) electrons. The number of aryl methyl sites for hydroxylation is 1. The first-order chi connectivity index (χ1) is 9.67. The van der Waals surface area contributed by atoms with E-state index in [0.29, 0.717) is 6.61 Å². The van der Waals surface area contributed by atoms with Gasteiger partial charge >= 0.3 is 0 Å². The number of nitrogens with one attached hydrogen (secondary N) is 1. The summed E-state index contributed by atoms with van der Waals surface area (Å²) < 4.78 is 5.71. The van der Waals surface area contributed by atoms with E-state index in [4.69, 9.17) is 4.74 Å². The van der Waals surface area contributed by atoms with Crippen LogP contribution in [-0.2, 0) is 6.42 Å². The van der Waals surface area contributed by atoms with Gasteiger partial charge in [-0.05, 0) is 42.9 Å². The summed E-state index contributed by atoms with van der Waals surface area (Å²) in [6.45, 7) is 8.02. The van der Waals surface area contributed by atoms with Crippen LogP contribution >= 0.6 is 0 Å². The Morgan fingerprint density at radius 1 is 1.35 bits per heavy atom. The van der Waals surface area contributed by atoms with Crippen molar-refractivity contribution in [3.05, 3.63) is 29.8 Å². The third-order valence-electron chi connectivity index (χ3n) is 4.25. The molecule has 0 amide bonds. The largest absolute Gasteiger partial charge is 0.491 e. The van der Waals surface area contributed by atoms with Gasteiger partial charge in [-0.15, -0.1) is 0 Å². The average molecular weight is 278 g/mol. The Bertz CT molecular complexity index is 400. The summed E-state index contributed by atoms with van der Waals surface area (Å²) in [6, 6.07) is 8.13. The highest BCUT2D eigenvalue weighted by atomic mass is 16.5. The van der Waals surface area contributed by atoms with E-state index in [9.17, 15) is 5.11 Å². The SMILES string of the molecule is CCc1cccc(OC[C@@H](O)C[NH+]2CCC(C)CC2)c1. The first-order valence-corrected chi connectivity index (χ1v) is 7.90. The monoisotopic (exact) mass is 278 g/mol. The molecule has 1 aliphatic heterocycles. The van der Waals surface area contributed by atoms with Crippen molar-refractivity contribution in [1.82, 2.24) is 0 Å². The topological polar surface area (TPSA) is 33.9 Å². The third kappa shape index (κ3) is 4.80. The zero-order valence-electron chi connectivity index (χ0n) is 12.8. The first-order valence-electron chi connectivity index (χ1n) is 7.90. The van der Waals surface area contributed by atoms with Crippen LogP contribution in [0.3, 0.4) is 0 Å². The number of ether oxygens (including phenoxy) is 1. The summed E-state index contributed by atoms with van der Waals surface area (Å²) >= 11 is 0. The molecule has 3 heteroatoms. The summed E-state index contributed by atoms with van der Waals surface area (Å²) in [7, 11) is 0. The smallest absolute Gasteiger partial charge is 0.137 e. The zero-order chi connectivity index (χ0) is 14.4. The second-order valence-electron chi connectivity index (χ2n) is 6.10. The molecule has 1 atom stereocenters. The number of benzene rings is 1. The normalized spacial score (nSPS) is 24.4. The van der Waals surface area contributed by atoms with E-state index in [-0.39, 0.29) is 6.10 Å². The Kier molecular flexibility index (Phi) is 5.86. The lowest BCUT2D eigenvalue weighted by Crippen LogP contribution is -3.14. The number of aliphatic hydroxyl groups excluding tert-OH is 1. The quantitative estimate of drug-likeness (QED) is 0.822. The van der Waals surface area contributed by atoms with Crippen LogP contribution in [0.15, 0.2) is 24.3 Å². The van der Waals surface area contributed by atoms with Gasteiger partial charge in [-0.2, -0.15) is 0 Å². The number of piperidine rings is 1. The molecule has 2 N–H and O–H groups in total. The van der Waals surface area contributed by atoms with Crippen LogP contribution in [-0.4, -0.2) is 37.5 Å². The van der Waals surface area contributed by atoms with Crippen molar-refractivity contribution in [2.24, 2.45) is 5.92 Å². The maximum atomic E-state index is 10.1. The Morgan fingerprint density at radius 3 is 2.80 bits per heavy atom. The molecule has 0 spiro atoms. The second-order valence-corrected chi connectivity index (χ2v) is 6.10. The molecule has 3 nitrogen and oxygen atoms in total. The fourth-order valence-corrected chi connectivity index (χ4v) is 2.81. The summed E-state index contributed by atoms with van der Waals surface area (Å²) in [5, 5.41) is 10.1. The van der Waals surface area contributed by atoms with E-state index in [0.717, 1.165) is 24.6 Å². The highest BCUT2D eigenvalue weighted by molar-refractivity contribution is 5.28. The van der Waals surface area contributed by atoms with Crippen molar-refractivity contribution >= 4 is 0 Å². The molecule has 0 bridgehead atoms. The molecular weight excluding hydrogens is 250 g/mol. The molecule has 112 valence electrons. The predicted octanol–water partition coefficient (Wildman–Crippen LogP) is 1.30. The lowest BCUT2D eigenvalue weighted by atomic mass is 9.99. The van der Waals surface area contributed by atoms with Crippen molar-refractivity contribution in [2.45, 2.75) is 39.2 Å². The Balaban J connectivity index is 1.73. The van der Waals surface area contributed by atoms with Crippen molar-refractivity contribution in [1.29, 1.82) is 0 Å². The molecule has 0 aromatic heterocycles. The van der Waals surface area contributed by atoms with E-state index in [2.05, 4.69) is 26.0 Å². The molecule has 0 aliphatic carbocycles. The molecule has 1 heterocycles. The Hall–Kier alpha value is -1.06. The van der Waals surface area contributed by atoms with E-state index in [1.807, 2.05) is 12.1 Å². The van der Waals surface area contributed by atoms with Crippen molar-refractivity contribution < 1.29 is 14.7 Å². The molecule has 0 saturated carbocycles. The molecule has 1 aliphatic rings. The highest BCUT2D eigenvalue weighted by Gasteiger charge is 2.21. The van der Waals surface area contributed by atoms with Crippen LogP contribution in [0.2, 0.25) is 0 Å². The standard InChI is InChI=1S/C17H27NO2/c1-3-15-5-4-6-17(11-15)20-13-16(19)12-18-9-7-14(2)8-10-18/h4-6,11,14,16,19H,3,7-10,12-13H2,1-2H3/p+1/t16-/m0/s1. The maximum Gasteiger partial charge on any atom is 0.137 e. The molecule has 0 unspecified atom stereocenters. The maximum absolute atomic E-state index is 10.1. The van der Waals surface area contributed by atoms with Crippen LogP contribution in [0.5, 0.6) is 5.75 Å². The first kappa shape index (κ1) is 15.3. The lowest BCUT2D eigenvalue weighted by molar-refractivity contribution is -0.909. The molecule has 1 fully saturated rings. The average Bonchev–Trinajstić information content (AvgIpc) is 2.48. The number of hydrogen-bond donors (Lipinski definition) is 2. The van der Waals surface area contributed by atoms with Crippen molar-refractivity contribution in [3.63, 3.8) is 0 Å². The van der Waals surface area contributed by atoms with E-state index < -0.39 is 0 Å². The summed E-state index contributed by atoms with van der Waals surface area (Å²) in [5.41, 5.74) is 1.27. The van der Waals surface area contributed by atoms with Gasteiger partial charge in [0.15, 0.2) is 0 Å². The fraction of sp³-hybridized carbons (Fsp3) is 0.647. The summed E-state index contributed by atoms with van der Waals surface area (Å²) in [6.07, 6.45) is 3.20. The lowest BCUT2D eigenvalue weighted by Gasteiger charge is -2.28. The number of aliphatic hydroxyl groups is 1. The summed E-state index contributed by atoms with van der Waals surface area (Å²) in [4.78, 5) is 1.52. The Labute approximate surface area is 122 Å². The molecular formula is C17H28NO2+. The molecule has 1 aromatic rings. The van der Waals surface area contributed by atoms with Crippen LogP contribution < -0.4 is 9.64 Å². The van der Waals surface area contributed by atoms with Gasteiger partial charge in [-0.3, -0.25) is 0 Å².